The van der Waals surface area contributed by atoms with Crippen molar-refractivity contribution in [3.8, 4) is 11.3 Å². The largest absolute Gasteiger partial charge is 0.455 e. The molecule has 126 valence electrons. The van der Waals surface area contributed by atoms with Gasteiger partial charge in [-0.05, 0) is 24.6 Å². The van der Waals surface area contributed by atoms with E-state index < -0.39 is 8.07 Å². The number of benzene rings is 2. The first-order chi connectivity index (χ1) is 11.9. The molecule has 2 heterocycles. The van der Waals surface area contributed by atoms with Crippen LogP contribution in [0.2, 0.25) is 19.6 Å². The molecule has 0 aliphatic rings. The smallest absolute Gasteiger partial charge is 0.216 e. The van der Waals surface area contributed by atoms with Gasteiger partial charge in [-0.15, -0.1) is 0 Å². The van der Waals surface area contributed by atoms with Crippen molar-refractivity contribution in [2.45, 2.75) is 26.6 Å². The van der Waals surface area contributed by atoms with E-state index in [4.69, 9.17) is 4.42 Å². The van der Waals surface area contributed by atoms with Crippen LogP contribution in [0.3, 0.4) is 0 Å². The molecule has 0 bridgehead atoms. The lowest BCUT2D eigenvalue weighted by Crippen LogP contribution is -2.37. The van der Waals surface area contributed by atoms with Gasteiger partial charge in [-0.3, -0.25) is 0 Å². The van der Waals surface area contributed by atoms with Gasteiger partial charge in [-0.1, -0.05) is 49.1 Å². The standard InChI is InChI=1S/C22H24NOSi/c1-15-9-11-18-17-12-10-16(25(3,4)5)14-20(17)24-22(18)21(15)19-8-6-7-13-23(19)2/h6-14H,1-5H3/q+1. The maximum atomic E-state index is 6.42. The molecular formula is C22H24NOSi+. The molecule has 0 atom stereocenters. The van der Waals surface area contributed by atoms with E-state index in [-0.39, 0.29) is 0 Å². The summed E-state index contributed by atoms with van der Waals surface area (Å²) in [5.74, 6) is 0. The van der Waals surface area contributed by atoms with Crippen LogP contribution in [-0.2, 0) is 7.05 Å². The van der Waals surface area contributed by atoms with Crippen molar-refractivity contribution in [3.63, 3.8) is 0 Å². The predicted octanol–water partition coefficient (Wildman–Crippen LogP) is 4.93. The Morgan fingerprint density at radius 2 is 1.68 bits per heavy atom. The Balaban J connectivity index is 2.07. The van der Waals surface area contributed by atoms with Crippen LogP contribution in [0.4, 0.5) is 0 Å². The van der Waals surface area contributed by atoms with Gasteiger partial charge < -0.3 is 4.42 Å². The third-order valence-electron chi connectivity index (χ3n) is 5.03. The van der Waals surface area contributed by atoms with E-state index in [1.165, 1.54) is 32.8 Å². The second-order valence-electron chi connectivity index (χ2n) is 7.89. The van der Waals surface area contributed by atoms with Crippen LogP contribution in [-0.4, -0.2) is 8.07 Å². The first-order valence-corrected chi connectivity index (χ1v) is 12.3. The van der Waals surface area contributed by atoms with E-state index in [0.29, 0.717) is 0 Å². The van der Waals surface area contributed by atoms with Crippen molar-refractivity contribution in [2.24, 2.45) is 7.05 Å². The lowest BCUT2D eigenvalue weighted by atomic mass is 10.0. The van der Waals surface area contributed by atoms with Gasteiger partial charge >= 0.3 is 0 Å². The van der Waals surface area contributed by atoms with E-state index in [2.05, 4.69) is 92.9 Å². The normalized spacial score (nSPS) is 12.2. The number of hydrogen-bond acceptors (Lipinski definition) is 1. The van der Waals surface area contributed by atoms with Crippen LogP contribution >= 0.6 is 0 Å². The summed E-state index contributed by atoms with van der Waals surface area (Å²) in [5, 5.41) is 3.83. The SMILES string of the molecule is Cc1ccc2c(oc3cc([Si](C)(C)C)ccc32)c1-c1cccc[n+]1C. The zero-order valence-electron chi connectivity index (χ0n) is 15.6. The fraction of sp³-hybridized carbons (Fsp3) is 0.227. The average Bonchev–Trinajstić information content (AvgIpc) is 2.92. The molecule has 4 aromatic rings. The third kappa shape index (κ3) is 2.59. The van der Waals surface area contributed by atoms with Crippen LogP contribution in [0.15, 0.2) is 59.1 Å². The average molecular weight is 347 g/mol. The molecule has 25 heavy (non-hydrogen) atoms. The fourth-order valence-corrected chi connectivity index (χ4v) is 4.65. The van der Waals surface area contributed by atoms with Gasteiger partial charge in [0.05, 0.1) is 13.6 Å². The Labute approximate surface area is 149 Å². The summed E-state index contributed by atoms with van der Waals surface area (Å²) in [6.07, 6.45) is 2.08. The number of hydrogen-bond donors (Lipinski definition) is 0. The van der Waals surface area contributed by atoms with Crippen molar-refractivity contribution in [1.29, 1.82) is 0 Å². The van der Waals surface area contributed by atoms with Crippen LogP contribution in [0.1, 0.15) is 5.56 Å². The van der Waals surface area contributed by atoms with Crippen molar-refractivity contribution in [1.82, 2.24) is 0 Å². The highest BCUT2D eigenvalue weighted by Crippen LogP contribution is 2.36. The summed E-state index contributed by atoms with van der Waals surface area (Å²) in [6, 6.07) is 17.5. The zero-order valence-corrected chi connectivity index (χ0v) is 16.6. The van der Waals surface area contributed by atoms with Crippen molar-refractivity contribution >= 4 is 35.2 Å². The van der Waals surface area contributed by atoms with E-state index in [1.54, 1.807) is 0 Å². The summed E-state index contributed by atoms with van der Waals surface area (Å²) in [6.45, 7) is 9.27. The van der Waals surface area contributed by atoms with Gasteiger partial charge in [0, 0.05) is 22.9 Å². The Hall–Kier alpha value is -2.39. The van der Waals surface area contributed by atoms with Crippen LogP contribution in [0, 0.1) is 6.92 Å². The molecule has 0 radical (unpaired) electrons. The lowest BCUT2D eigenvalue weighted by molar-refractivity contribution is -0.660. The van der Waals surface area contributed by atoms with Gasteiger partial charge in [-0.2, -0.15) is 0 Å². The van der Waals surface area contributed by atoms with Gasteiger partial charge in [0.1, 0.15) is 18.2 Å². The molecule has 0 aliphatic heterocycles. The molecule has 0 unspecified atom stereocenters. The molecular weight excluding hydrogens is 322 g/mol. The summed E-state index contributed by atoms with van der Waals surface area (Å²) >= 11 is 0. The fourth-order valence-electron chi connectivity index (χ4n) is 3.51. The number of rotatable bonds is 2. The molecule has 4 rings (SSSR count). The Kier molecular flexibility index (Phi) is 3.58. The second kappa shape index (κ2) is 5.56. The lowest BCUT2D eigenvalue weighted by Gasteiger charge is -2.15. The molecule has 0 amide bonds. The molecule has 0 aliphatic carbocycles. The highest BCUT2D eigenvalue weighted by Gasteiger charge is 2.22. The van der Waals surface area contributed by atoms with Gasteiger partial charge in [0.15, 0.2) is 6.20 Å². The van der Waals surface area contributed by atoms with Gasteiger partial charge in [0.25, 0.3) is 0 Å². The maximum Gasteiger partial charge on any atom is 0.216 e. The van der Waals surface area contributed by atoms with Crippen LogP contribution in [0.5, 0.6) is 0 Å². The number of fused-ring (bicyclic) bond motifs is 3. The molecule has 0 N–H and O–H groups in total. The van der Waals surface area contributed by atoms with E-state index >= 15 is 0 Å². The van der Waals surface area contributed by atoms with Crippen molar-refractivity contribution in [3.05, 3.63) is 60.3 Å². The zero-order chi connectivity index (χ0) is 17.8. The minimum absolute atomic E-state index is 0.990. The number of furan rings is 1. The molecule has 3 heteroatoms. The Morgan fingerprint density at radius 3 is 2.40 bits per heavy atom. The minimum atomic E-state index is -1.36. The van der Waals surface area contributed by atoms with Crippen molar-refractivity contribution < 1.29 is 8.98 Å². The number of aryl methyl sites for hydroxylation is 2. The molecule has 0 spiro atoms. The molecule has 2 nitrogen and oxygen atoms in total. The molecule has 2 aromatic heterocycles. The van der Waals surface area contributed by atoms with Gasteiger partial charge in [-0.25, -0.2) is 4.57 Å². The van der Waals surface area contributed by atoms with E-state index in [1.807, 2.05) is 0 Å². The summed E-state index contributed by atoms with van der Waals surface area (Å²) < 4.78 is 8.57. The highest BCUT2D eigenvalue weighted by molar-refractivity contribution is 6.88. The summed E-state index contributed by atoms with van der Waals surface area (Å²) in [5.41, 5.74) is 5.59. The van der Waals surface area contributed by atoms with Gasteiger partial charge in [0.2, 0.25) is 5.69 Å². The van der Waals surface area contributed by atoms with Crippen LogP contribution in [0.25, 0.3) is 33.2 Å². The monoisotopic (exact) mass is 346 g/mol. The first kappa shape index (κ1) is 16.1. The maximum absolute atomic E-state index is 6.42. The number of aromatic nitrogens is 1. The molecule has 0 saturated heterocycles. The third-order valence-corrected chi connectivity index (χ3v) is 7.07. The molecule has 0 fully saturated rings. The highest BCUT2D eigenvalue weighted by atomic mass is 28.3. The minimum Gasteiger partial charge on any atom is -0.455 e. The Morgan fingerprint density at radius 1 is 0.920 bits per heavy atom. The topological polar surface area (TPSA) is 17.0 Å². The van der Waals surface area contributed by atoms with E-state index in [9.17, 15) is 0 Å². The van der Waals surface area contributed by atoms with E-state index in [0.717, 1.165) is 11.2 Å². The summed E-state index contributed by atoms with van der Waals surface area (Å²) in [7, 11) is 0.722. The number of nitrogens with zero attached hydrogens (tertiary/aromatic N) is 1. The second-order valence-corrected chi connectivity index (χ2v) is 13.0. The van der Waals surface area contributed by atoms with Crippen LogP contribution < -0.4 is 9.75 Å². The first-order valence-electron chi connectivity index (χ1n) is 8.77. The van der Waals surface area contributed by atoms with Crippen molar-refractivity contribution in [2.75, 3.05) is 0 Å². The Bertz CT molecular complexity index is 1100. The number of pyridine rings is 1. The summed E-state index contributed by atoms with van der Waals surface area (Å²) in [4.78, 5) is 0. The quantitative estimate of drug-likeness (QED) is 0.371. The molecule has 0 saturated carbocycles. The predicted molar refractivity (Wildman–Crippen MR) is 108 cm³/mol. The molecule has 2 aromatic carbocycles.